The van der Waals surface area contributed by atoms with E-state index in [2.05, 4.69) is 0 Å². The molecule has 0 fully saturated rings. The van der Waals surface area contributed by atoms with Crippen LogP contribution < -0.4 is 0 Å². The van der Waals surface area contributed by atoms with Gasteiger partial charge >= 0.3 is 5.97 Å². The number of nitrogens with zero attached hydrogens (tertiary/aromatic N) is 1. The molecule has 4 heteroatoms. The molecule has 0 aliphatic carbocycles. The van der Waals surface area contributed by atoms with Crippen molar-refractivity contribution < 1.29 is 15.0 Å². The molecule has 0 saturated heterocycles. The molecule has 0 radical (unpaired) electrons. The summed E-state index contributed by atoms with van der Waals surface area (Å²) in [6, 6.07) is 3.35. The Hall–Kier alpha value is -1.29. The first-order valence-electron chi connectivity index (χ1n) is 5.25. The maximum Gasteiger partial charge on any atom is 0.352 e. The summed E-state index contributed by atoms with van der Waals surface area (Å²) in [7, 11) is 0. The summed E-state index contributed by atoms with van der Waals surface area (Å²) in [5, 5.41) is 17.4. The second kappa shape index (κ2) is 6.24. The SMILES string of the molecule is O=C(O)c1cccn1CCCCCCO. The van der Waals surface area contributed by atoms with Crippen molar-refractivity contribution >= 4 is 5.97 Å². The van der Waals surface area contributed by atoms with Crippen LogP contribution in [0.25, 0.3) is 0 Å². The van der Waals surface area contributed by atoms with Crippen molar-refractivity contribution in [2.75, 3.05) is 6.61 Å². The van der Waals surface area contributed by atoms with Crippen LogP contribution in [0.5, 0.6) is 0 Å². The number of carbonyl (C=O) groups is 1. The van der Waals surface area contributed by atoms with Gasteiger partial charge in [-0.2, -0.15) is 0 Å². The van der Waals surface area contributed by atoms with Crippen molar-refractivity contribution in [2.45, 2.75) is 32.2 Å². The van der Waals surface area contributed by atoms with Crippen LogP contribution in [0.2, 0.25) is 0 Å². The molecular weight excluding hydrogens is 194 g/mol. The quantitative estimate of drug-likeness (QED) is 0.675. The van der Waals surface area contributed by atoms with E-state index in [1.54, 1.807) is 22.9 Å². The molecule has 0 aliphatic heterocycles. The van der Waals surface area contributed by atoms with Crippen molar-refractivity contribution in [3.8, 4) is 0 Å². The third-order valence-corrected chi connectivity index (χ3v) is 2.36. The molecule has 1 heterocycles. The predicted octanol–water partition coefficient (Wildman–Crippen LogP) is 1.74. The first-order valence-corrected chi connectivity index (χ1v) is 5.25. The van der Waals surface area contributed by atoms with E-state index in [9.17, 15) is 4.79 Å². The molecule has 2 N–H and O–H groups in total. The fourth-order valence-corrected chi connectivity index (χ4v) is 1.55. The number of carboxylic acids is 1. The first kappa shape index (κ1) is 11.8. The Labute approximate surface area is 89.2 Å². The van der Waals surface area contributed by atoms with Crippen LogP contribution in [0.4, 0.5) is 0 Å². The van der Waals surface area contributed by atoms with Crippen molar-refractivity contribution in [2.24, 2.45) is 0 Å². The van der Waals surface area contributed by atoms with Gasteiger partial charge in [-0.3, -0.25) is 0 Å². The molecule has 1 aromatic rings. The monoisotopic (exact) mass is 211 g/mol. The minimum Gasteiger partial charge on any atom is -0.477 e. The lowest BCUT2D eigenvalue weighted by Crippen LogP contribution is -2.07. The Morgan fingerprint density at radius 2 is 2.00 bits per heavy atom. The van der Waals surface area contributed by atoms with E-state index < -0.39 is 5.97 Å². The van der Waals surface area contributed by atoms with Gasteiger partial charge in [-0.1, -0.05) is 12.8 Å². The smallest absolute Gasteiger partial charge is 0.352 e. The number of rotatable bonds is 7. The lowest BCUT2D eigenvalue weighted by Gasteiger charge is -2.05. The molecule has 0 unspecified atom stereocenters. The average molecular weight is 211 g/mol. The second-order valence-corrected chi connectivity index (χ2v) is 3.53. The highest BCUT2D eigenvalue weighted by Crippen LogP contribution is 2.06. The summed E-state index contributed by atoms with van der Waals surface area (Å²) in [4.78, 5) is 10.8. The van der Waals surface area contributed by atoms with Gasteiger partial charge in [0.2, 0.25) is 0 Å². The molecule has 0 aromatic carbocycles. The van der Waals surface area contributed by atoms with Crippen molar-refractivity contribution in [1.29, 1.82) is 0 Å². The zero-order chi connectivity index (χ0) is 11.1. The van der Waals surface area contributed by atoms with Crippen molar-refractivity contribution in [3.63, 3.8) is 0 Å². The number of unbranched alkanes of at least 4 members (excludes halogenated alkanes) is 3. The lowest BCUT2D eigenvalue weighted by molar-refractivity contribution is 0.0685. The number of aliphatic hydroxyl groups is 1. The van der Waals surface area contributed by atoms with Gasteiger partial charge in [0.15, 0.2) is 0 Å². The normalized spacial score (nSPS) is 10.5. The van der Waals surface area contributed by atoms with E-state index in [1.807, 2.05) is 0 Å². The van der Waals surface area contributed by atoms with E-state index in [-0.39, 0.29) is 6.61 Å². The molecule has 1 rings (SSSR count). The number of aliphatic hydroxyl groups excluding tert-OH is 1. The number of aromatic carboxylic acids is 1. The Bertz CT molecular complexity index is 307. The molecule has 84 valence electrons. The summed E-state index contributed by atoms with van der Waals surface area (Å²) < 4.78 is 1.75. The van der Waals surface area contributed by atoms with Crippen LogP contribution >= 0.6 is 0 Å². The molecule has 0 bridgehead atoms. The van der Waals surface area contributed by atoms with Gasteiger partial charge < -0.3 is 14.8 Å². The molecule has 1 aromatic heterocycles. The zero-order valence-electron chi connectivity index (χ0n) is 8.72. The second-order valence-electron chi connectivity index (χ2n) is 3.53. The summed E-state index contributed by atoms with van der Waals surface area (Å²) in [5.41, 5.74) is 0.345. The topological polar surface area (TPSA) is 62.5 Å². The van der Waals surface area contributed by atoms with E-state index in [0.29, 0.717) is 5.69 Å². The maximum absolute atomic E-state index is 10.8. The standard InChI is InChI=1S/C11H17NO3/c13-9-4-2-1-3-7-12-8-5-6-10(12)11(14)15/h5-6,8,13H,1-4,7,9H2,(H,14,15). The van der Waals surface area contributed by atoms with Crippen LogP contribution in [-0.4, -0.2) is 27.4 Å². The van der Waals surface area contributed by atoms with Gasteiger partial charge in [-0.15, -0.1) is 0 Å². The summed E-state index contributed by atoms with van der Waals surface area (Å²) in [6.07, 6.45) is 5.60. The number of carboxylic acid groups (broad SMARTS) is 1. The predicted molar refractivity (Wildman–Crippen MR) is 56.9 cm³/mol. The van der Waals surface area contributed by atoms with Crippen molar-refractivity contribution in [3.05, 3.63) is 24.0 Å². The van der Waals surface area contributed by atoms with Crippen LogP contribution in [0.1, 0.15) is 36.2 Å². The van der Waals surface area contributed by atoms with Gasteiger partial charge in [-0.25, -0.2) is 4.79 Å². The summed E-state index contributed by atoms with van der Waals surface area (Å²) >= 11 is 0. The molecule has 0 saturated carbocycles. The van der Waals surface area contributed by atoms with Crippen LogP contribution in [0.3, 0.4) is 0 Å². The number of hydrogen-bond acceptors (Lipinski definition) is 2. The summed E-state index contributed by atoms with van der Waals surface area (Å²) in [5.74, 6) is -0.879. The fourth-order valence-electron chi connectivity index (χ4n) is 1.55. The number of aryl methyl sites for hydroxylation is 1. The Kier molecular flexibility index (Phi) is 4.90. The molecule has 0 atom stereocenters. The number of hydrogen-bond donors (Lipinski definition) is 2. The Morgan fingerprint density at radius 1 is 1.27 bits per heavy atom. The van der Waals surface area contributed by atoms with E-state index in [0.717, 1.165) is 32.2 Å². The van der Waals surface area contributed by atoms with Gasteiger partial charge in [-0.05, 0) is 25.0 Å². The first-order chi connectivity index (χ1) is 7.25. The maximum atomic E-state index is 10.8. The fraction of sp³-hybridized carbons (Fsp3) is 0.545. The third-order valence-electron chi connectivity index (χ3n) is 2.36. The molecular formula is C11H17NO3. The molecule has 0 amide bonds. The highest BCUT2D eigenvalue weighted by molar-refractivity contribution is 5.85. The van der Waals surface area contributed by atoms with E-state index in [1.165, 1.54) is 0 Å². The molecule has 0 aliphatic rings. The third kappa shape index (κ3) is 3.75. The minimum atomic E-state index is -0.879. The molecule has 4 nitrogen and oxygen atoms in total. The zero-order valence-corrected chi connectivity index (χ0v) is 8.72. The summed E-state index contributed by atoms with van der Waals surface area (Å²) in [6.45, 7) is 0.976. The molecule has 0 spiro atoms. The van der Waals surface area contributed by atoms with Crippen LogP contribution in [0, 0.1) is 0 Å². The number of aromatic nitrogens is 1. The van der Waals surface area contributed by atoms with Gasteiger partial charge in [0, 0.05) is 19.3 Å². The van der Waals surface area contributed by atoms with Crippen LogP contribution in [-0.2, 0) is 6.54 Å². The Morgan fingerprint density at radius 3 is 2.67 bits per heavy atom. The molecule has 15 heavy (non-hydrogen) atoms. The lowest BCUT2D eigenvalue weighted by atomic mass is 10.2. The van der Waals surface area contributed by atoms with Crippen LogP contribution in [0.15, 0.2) is 18.3 Å². The largest absolute Gasteiger partial charge is 0.477 e. The van der Waals surface area contributed by atoms with Gasteiger partial charge in [0.1, 0.15) is 5.69 Å². The highest BCUT2D eigenvalue weighted by atomic mass is 16.4. The minimum absolute atomic E-state index is 0.240. The van der Waals surface area contributed by atoms with E-state index >= 15 is 0 Å². The van der Waals surface area contributed by atoms with Crippen molar-refractivity contribution in [1.82, 2.24) is 4.57 Å². The average Bonchev–Trinajstić information content (AvgIpc) is 2.66. The van der Waals surface area contributed by atoms with E-state index in [4.69, 9.17) is 10.2 Å². The van der Waals surface area contributed by atoms with Gasteiger partial charge in [0.25, 0.3) is 0 Å². The highest BCUT2D eigenvalue weighted by Gasteiger charge is 2.07. The van der Waals surface area contributed by atoms with Gasteiger partial charge in [0.05, 0.1) is 0 Å². The Balaban J connectivity index is 2.31.